The minimum atomic E-state index is -0.853. The van der Waals surface area contributed by atoms with Gasteiger partial charge in [0.1, 0.15) is 0 Å². The number of carbonyl (C=O) groups is 2. The summed E-state index contributed by atoms with van der Waals surface area (Å²) in [5.41, 5.74) is 0.611. The molecule has 0 bridgehead atoms. The largest absolute Gasteiger partial charge is 0.481 e. The summed E-state index contributed by atoms with van der Waals surface area (Å²) in [5.74, 6) is -0.853. The number of carboxylic acids is 1. The zero-order valence-electron chi connectivity index (χ0n) is 7.77. The van der Waals surface area contributed by atoms with Crippen LogP contribution in [0.15, 0.2) is 24.3 Å². The first-order chi connectivity index (χ1) is 7.20. The van der Waals surface area contributed by atoms with Crippen molar-refractivity contribution in [3.63, 3.8) is 0 Å². The van der Waals surface area contributed by atoms with Crippen molar-refractivity contribution in [2.24, 2.45) is 0 Å². The number of carbonyl (C=O) groups excluding carboxylic acids is 1. The normalized spacial score (nSPS) is 10.4. The summed E-state index contributed by atoms with van der Waals surface area (Å²) in [6.45, 7) is 0. The fourth-order valence-electron chi connectivity index (χ4n) is 1.48. The van der Waals surface area contributed by atoms with Gasteiger partial charge in [0.25, 0.3) is 0 Å². The van der Waals surface area contributed by atoms with Crippen LogP contribution in [-0.4, -0.2) is 17.4 Å². The van der Waals surface area contributed by atoms with E-state index in [1.165, 1.54) is 11.3 Å². The third-order valence-corrected chi connectivity index (χ3v) is 3.20. The van der Waals surface area contributed by atoms with Crippen LogP contribution in [0.1, 0.15) is 15.2 Å². The van der Waals surface area contributed by atoms with E-state index in [9.17, 15) is 9.59 Å². The van der Waals surface area contributed by atoms with E-state index in [0.717, 1.165) is 21.2 Å². The van der Waals surface area contributed by atoms with E-state index in [0.29, 0.717) is 5.56 Å². The Hall–Kier alpha value is -1.68. The molecule has 0 aliphatic carbocycles. The lowest BCUT2D eigenvalue weighted by atomic mass is 10.1. The first kappa shape index (κ1) is 9.86. The number of aliphatic carboxylic acids is 1. The topological polar surface area (TPSA) is 54.4 Å². The van der Waals surface area contributed by atoms with Gasteiger partial charge in [0.05, 0.1) is 6.42 Å². The highest BCUT2D eigenvalue weighted by molar-refractivity contribution is 7.19. The Morgan fingerprint density at radius 3 is 2.93 bits per heavy atom. The molecule has 2 aromatic rings. The van der Waals surface area contributed by atoms with Crippen molar-refractivity contribution in [2.45, 2.75) is 6.42 Å². The standard InChI is InChI=1S/C11H8O3S/c12-6-7-2-1-3-10-9(7)4-8(15-10)5-11(13)14/h1-4,6H,5H2,(H,13,14). The van der Waals surface area contributed by atoms with Crippen LogP contribution in [0.2, 0.25) is 0 Å². The highest BCUT2D eigenvalue weighted by atomic mass is 32.1. The van der Waals surface area contributed by atoms with Crippen LogP contribution < -0.4 is 0 Å². The molecule has 0 saturated carbocycles. The van der Waals surface area contributed by atoms with Crippen LogP contribution in [0.25, 0.3) is 10.1 Å². The smallest absolute Gasteiger partial charge is 0.308 e. The Balaban J connectivity index is 2.54. The maximum atomic E-state index is 10.7. The van der Waals surface area contributed by atoms with Crippen molar-refractivity contribution >= 4 is 33.7 Å². The first-order valence-corrected chi connectivity index (χ1v) is 5.21. The van der Waals surface area contributed by atoms with Gasteiger partial charge in [0.15, 0.2) is 6.29 Å². The molecule has 15 heavy (non-hydrogen) atoms. The van der Waals surface area contributed by atoms with Crippen LogP contribution in [0.3, 0.4) is 0 Å². The molecule has 4 heteroatoms. The van der Waals surface area contributed by atoms with Crippen LogP contribution in [0.4, 0.5) is 0 Å². The van der Waals surface area contributed by atoms with Crippen molar-refractivity contribution in [3.05, 3.63) is 34.7 Å². The second-order valence-electron chi connectivity index (χ2n) is 3.16. The van der Waals surface area contributed by atoms with Crippen molar-refractivity contribution in [1.82, 2.24) is 0 Å². The molecule has 1 heterocycles. The van der Waals surface area contributed by atoms with Gasteiger partial charge >= 0.3 is 5.97 Å². The molecule has 0 radical (unpaired) electrons. The average Bonchev–Trinajstić information content (AvgIpc) is 2.58. The summed E-state index contributed by atoms with van der Waals surface area (Å²) < 4.78 is 0.954. The molecular formula is C11H8O3S. The zero-order chi connectivity index (χ0) is 10.8. The lowest BCUT2D eigenvalue weighted by molar-refractivity contribution is -0.136. The maximum Gasteiger partial charge on any atom is 0.308 e. The number of benzene rings is 1. The fourth-order valence-corrected chi connectivity index (χ4v) is 2.56. The van der Waals surface area contributed by atoms with Gasteiger partial charge in [-0.15, -0.1) is 11.3 Å². The van der Waals surface area contributed by atoms with Gasteiger partial charge in [-0.25, -0.2) is 0 Å². The minimum Gasteiger partial charge on any atom is -0.481 e. The van der Waals surface area contributed by atoms with E-state index in [1.807, 2.05) is 6.07 Å². The van der Waals surface area contributed by atoms with Crippen molar-refractivity contribution in [3.8, 4) is 0 Å². The second-order valence-corrected chi connectivity index (χ2v) is 4.33. The van der Waals surface area contributed by atoms with Gasteiger partial charge in [0, 0.05) is 20.5 Å². The molecule has 0 fully saturated rings. The average molecular weight is 220 g/mol. The lowest BCUT2D eigenvalue weighted by Crippen LogP contribution is -1.96. The summed E-state index contributed by atoms with van der Waals surface area (Å²) >= 11 is 1.42. The van der Waals surface area contributed by atoms with Crippen molar-refractivity contribution < 1.29 is 14.7 Å². The number of rotatable bonds is 3. The quantitative estimate of drug-likeness (QED) is 0.808. The van der Waals surface area contributed by atoms with Crippen LogP contribution >= 0.6 is 11.3 Å². The highest BCUT2D eigenvalue weighted by Crippen LogP contribution is 2.27. The second kappa shape index (κ2) is 3.82. The van der Waals surface area contributed by atoms with Gasteiger partial charge in [-0.3, -0.25) is 9.59 Å². The first-order valence-electron chi connectivity index (χ1n) is 4.39. The van der Waals surface area contributed by atoms with Gasteiger partial charge in [0.2, 0.25) is 0 Å². The van der Waals surface area contributed by atoms with E-state index in [-0.39, 0.29) is 6.42 Å². The molecule has 0 aliphatic rings. The molecule has 0 unspecified atom stereocenters. The predicted molar refractivity (Wildman–Crippen MR) is 58.6 cm³/mol. The molecule has 76 valence electrons. The SMILES string of the molecule is O=Cc1cccc2sc(CC(=O)O)cc12. The van der Waals surface area contributed by atoms with Crippen molar-refractivity contribution in [1.29, 1.82) is 0 Å². The van der Waals surface area contributed by atoms with E-state index in [4.69, 9.17) is 5.11 Å². The monoisotopic (exact) mass is 220 g/mol. The summed E-state index contributed by atoms with van der Waals surface area (Å²) in [5, 5.41) is 9.50. The molecule has 0 atom stereocenters. The number of carboxylic acid groups (broad SMARTS) is 1. The van der Waals surface area contributed by atoms with Gasteiger partial charge in [-0.2, -0.15) is 0 Å². The summed E-state index contributed by atoms with van der Waals surface area (Å²) in [4.78, 5) is 22.0. The van der Waals surface area contributed by atoms with Crippen LogP contribution in [0.5, 0.6) is 0 Å². The molecule has 0 aliphatic heterocycles. The number of fused-ring (bicyclic) bond motifs is 1. The highest BCUT2D eigenvalue weighted by Gasteiger charge is 2.07. The molecule has 0 amide bonds. The minimum absolute atomic E-state index is 0.0116. The molecule has 0 spiro atoms. The Labute approximate surface area is 90.0 Å². The molecular weight excluding hydrogens is 212 g/mol. The number of hydrogen-bond acceptors (Lipinski definition) is 3. The molecule has 1 aromatic heterocycles. The third-order valence-electron chi connectivity index (χ3n) is 2.10. The molecule has 3 nitrogen and oxygen atoms in total. The molecule has 0 saturated heterocycles. The third kappa shape index (κ3) is 1.89. The Morgan fingerprint density at radius 2 is 2.27 bits per heavy atom. The predicted octanol–water partition coefficient (Wildman–Crippen LogP) is 2.34. The van der Waals surface area contributed by atoms with Crippen molar-refractivity contribution in [2.75, 3.05) is 0 Å². The Kier molecular flexibility index (Phi) is 2.51. The van der Waals surface area contributed by atoms with Crippen LogP contribution in [0, 0.1) is 0 Å². The fraction of sp³-hybridized carbons (Fsp3) is 0.0909. The molecule has 1 N–H and O–H groups in total. The molecule has 1 aromatic carbocycles. The summed E-state index contributed by atoms with van der Waals surface area (Å²) in [6.07, 6.45) is 0.803. The van der Waals surface area contributed by atoms with Crippen LogP contribution in [-0.2, 0) is 11.2 Å². The lowest BCUT2D eigenvalue weighted by Gasteiger charge is -1.90. The Morgan fingerprint density at radius 1 is 1.47 bits per heavy atom. The summed E-state index contributed by atoms with van der Waals surface area (Å²) in [7, 11) is 0. The van der Waals surface area contributed by atoms with E-state index >= 15 is 0 Å². The number of hydrogen-bond donors (Lipinski definition) is 1. The van der Waals surface area contributed by atoms with Gasteiger partial charge in [-0.05, 0) is 12.1 Å². The zero-order valence-corrected chi connectivity index (χ0v) is 8.58. The number of aldehydes is 1. The summed E-state index contributed by atoms with van der Waals surface area (Å²) in [6, 6.07) is 7.19. The van der Waals surface area contributed by atoms with Gasteiger partial charge < -0.3 is 5.11 Å². The van der Waals surface area contributed by atoms with E-state index in [2.05, 4.69) is 0 Å². The van der Waals surface area contributed by atoms with E-state index in [1.54, 1.807) is 18.2 Å². The van der Waals surface area contributed by atoms with Gasteiger partial charge in [-0.1, -0.05) is 12.1 Å². The van der Waals surface area contributed by atoms with E-state index < -0.39 is 5.97 Å². The number of thiophene rings is 1. The Bertz CT molecular complexity index is 528. The molecule has 2 rings (SSSR count). The maximum absolute atomic E-state index is 10.7.